The largest absolute Gasteiger partial charge is 0.493 e. The Kier molecular flexibility index (Phi) is 8.26. The monoisotopic (exact) mass is 504 g/mol. The van der Waals surface area contributed by atoms with Crippen molar-refractivity contribution in [3.05, 3.63) is 42.1 Å². The number of nitrogens with one attached hydrogen (secondary N) is 1. The number of methoxy groups -OCH3 is 3. The molecule has 3 aromatic rings. The summed E-state index contributed by atoms with van der Waals surface area (Å²) in [5, 5.41) is 0.702. The SMILES string of the molecule is COc1cc(N(C(=O)[C@@H](N)CCCCN)S(=O)(=O)c2ccc3[nH]c(C)cc3c2)cc(OC)c1OC. The van der Waals surface area contributed by atoms with Crippen LogP contribution in [0.15, 0.2) is 41.3 Å². The van der Waals surface area contributed by atoms with Crippen LogP contribution in [0.5, 0.6) is 17.2 Å². The Labute approximate surface area is 205 Å². The van der Waals surface area contributed by atoms with Crippen LogP contribution >= 0.6 is 0 Å². The lowest BCUT2D eigenvalue weighted by atomic mass is 10.1. The van der Waals surface area contributed by atoms with Crippen molar-refractivity contribution in [2.75, 3.05) is 32.2 Å². The predicted molar refractivity (Wildman–Crippen MR) is 135 cm³/mol. The van der Waals surface area contributed by atoms with Crippen LogP contribution in [-0.2, 0) is 14.8 Å². The normalized spacial score (nSPS) is 12.4. The van der Waals surface area contributed by atoms with E-state index >= 15 is 0 Å². The fraction of sp³-hybridized carbons (Fsp3) is 0.375. The molecule has 1 atom stereocenters. The van der Waals surface area contributed by atoms with Crippen LogP contribution in [0.4, 0.5) is 5.69 Å². The van der Waals surface area contributed by atoms with E-state index in [-0.39, 0.29) is 34.3 Å². The second kappa shape index (κ2) is 11.0. The van der Waals surface area contributed by atoms with Crippen LogP contribution < -0.4 is 30.0 Å². The number of fused-ring (bicyclic) bond motifs is 1. The third-order valence-electron chi connectivity index (χ3n) is 5.64. The van der Waals surface area contributed by atoms with Crippen molar-refractivity contribution in [1.29, 1.82) is 0 Å². The molecule has 0 radical (unpaired) electrons. The number of carbonyl (C=O) groups excluding carboxylic acids is 1. The molecule has 0 spiro atoms. The number of amides is 1. The minimum absolute atomic E-state index is 0.0177. The number of aryl methyl sites for hydroxylation is 1. The van der Waals surface area contributed by atoms with Crippen molar-refractivity contribution in [3.8, 4) is 17.2 Å². The molecule has 35 heavy (non-hydrogen) atoms. The molecule has 190 valence electrons. The van der Waals surface area contributed by atoms with Gasteiger partial charge in [-0.25, -0.2) is 12.7 Å². The number of aromatic amines is 1. The van der Waals surface area contributed by atoms with Crippen molar-refractivity contribution in [1.82, 2.24) is 4.98 Å². The number of anilines is 1. The molecule has 1 heterocycles. The number of carbonyl (C=O) groups is 1. The number of nitrogens with two attached hydrogens (primary N) is 2. The Bertz CT molecular complexity index is 1280. The zero-order valence-electron chi connectivity index (χ0n) is 20.3. The number of aromatic nitrogens is 1. The Morgan fingerprint density at radius 1 is 1.03 bits per heavy atom. The third-order valence-corrected chi connectivity index (χ3v) is 7.36. The molecular weight excluding hydrogens is 472 g/mol. The minimum atomic E-state index is -4.37. The van der Waals surface area contributed by atoms with Crippen molar-refractivity contribution in [3.63, 3.8) is 0 Å². The Balaban J connectivity index is 2.18. The molecular formula is C24H32N4O6S. The van der Waals surface area contributed by atoms with E-state index in [1.807, 2.05) is 13.0 Å². The highest BCUT2D eigenvalue weighted by Crippen LogP contribution is 2.42. The fourth-order valence-corrected chi connectivity index (χ4v) is 5.36. The van der Waals surface area contributed by atoms with E-state index < -0.39 is 22.0 Å². The van der Waals surface area contributed by atoms with Gasteiger partial charge in [-0.15, -0.1) is 0 Å². The maximum absolute atomic E-state index is 13.9. The number of hydrogen-bond donors (Lipinski definition) is 3. The number of ether oxygens (including phenoxy) is 3. The number of nitrogens with zero attached hydrogens (tertiary/aromatic N) is 1. The van der Waals surface area contributed by atoms with E-state index in [1.165, 1.54) is 45.6 Å². The zero-order valence-corrected chi connectivity index (χ0v) is 21.1. The molecule has 0 saturated heterocycles. The van der Waals surface area contributed by atoms with Gasteiger partial charge in [0.2, 0.25) is 5.75 Å². The van der Waals surface area contributed by atoms with Gasteiger partial charge in [0.15, 0.2) is 11.5 Å². The molecule has 0 aliphatic carbocycles. The third kappa shape index (κ3) is 5.37. The summed E-state index contributed by atoms with van der Waals surface area (Å²) in [5.74, 6) is -0.117. The van der Waals surface area contributed by atoms with Gasteiger partial charge in [0.1, 0.15) is 0 Å². The number of H-pyrrole nitrogens is 1. The molecule has 0 saturated carbocycles. The Morgan fingerprint density at radius 3 is 2.26 bits per heavy atom. The lowest BCUT2D eigenvalue weighted by Gasteiger charge is -2.27. The van der Waals surface area contributed by atoms with E-state index in [0.29, 0.717) is 29.1 Å². The number of benzene rings is 2. The summed E-state index contributed by atoms with van der Waals surface area (Å²) in [7, 11) is -0.125. The number of hydrogen-bond acceptors (Lipinski definition) is 8. The van der Waals surface area contributed by atoms with Crippen molar-refractivity contribution >= 4 is 32.5 Å². The van der Waals surface area contributed by atoms with Crippen LogP contribution in [0.3, 0.4) is 0 Å². The first-order valence-corrected chi connectivity index (χ1v) is 12.6. The van der Waals surface area contributed by atoms with Gasteiger partial charge in [-0.1, -0.05) is 6.42 Å². The first-order chi connectivity index (χ1) is 16.7. The molecule has 11 heteroatoms. The van der Waals surface area contributed by atoms with E-state index in [2.05, 4.69) is 4.98 Å². The van der Waals surface area contributed by atoms with Crippen molar-refractivity contribution in [2.45, 2.75) is 37.1 Å². The maximum Gasteiger partial charge on any atom is 0.270 e. The molecule has 2 aromatic carbocycles. The zero-order chi connectivity index (χ0) is 25.8. The molecule has 1 aromatic heterocycles. The molecule has 0 bridgehead atoms. The lowest BCUT2D eigenvalue weighted by Crippen LogP contribution is -2.47. The van der Waals surface area contributed by atoms with Gasteiger partial charge >= 0.3 is 0 Å². The van der Waals surface area contributed by atoms with Crippen molar-refractivity contribution < 1.29 is 27.4 Å². The van der Waals surface area contributed by atoms with Crippen LogP contribution in [0.2, 0.25) is 0 Å². The van der Waals surface area contributed by atoms with Crippen LogP contribution in [-0.4, -0.2) is 53.2 Å². The first kappa shape index (κ1) is 26.3. The average molecular weight is 505 g/mol. The van der Waals surface area contributed by atoms with Crippen LogP contribution in [0, 0.1) is 6.92 Å². The van der Waals surface area contributed by atoms with Gasteiger partial charge in [-0.3, -0.25) is 4.79 Å². The molecule has 1 amide bonds. The summed E-state index contributed by atoms with van der Waals surface area (Å²) in [4.78, 5) is 16.7. The number of rotatable bonds is 11. The van der Waals surface area contributed by atoms with Gasteiger partial charge in [0.05, 0.1) is 38.0 Å². The highest BCUT2D eigenvalue weighted by atomic mass is 32.2. The molecule has 0 aliphatic heterocycles. The van der Waals surface area contributed by atoms with E-state index in [4.69, 9.17) is 25.7 Å². The first-order valence-electron chi connectivity index (χ1n) is 11.1. The van der Waals surface area contributed by atoms with Crippen LogP contribution in [0.1, 0.15) is 25.0 Å². The second-order valence-electron chi connectivity index (χ2n) is 8.08. The molecule has 3 rings (SSSR count). The molecule has 0 fully saturated rings. The molecule has 0 aliphatic rings. The Morgan fingerprint density at radius 2 is 1.69 bits per heavy atom. The topological polar surface area (TPSA) is 150 Å². The average Bonchev–Trinajstić information content (AvgIpc) is 3.22. The quantitative estimate of drug-likeness (QED) is 0.337. The Hall–Kier alpha value is -3.28. The fourth-order valence-electron chi connectivity index (χ4n) is 3.87. The summed E-state index contributed by atoms with van der Waals surface area (Å²) in [6, 6.07) is 8.21. The summed E-state index contributed by atoms with van der Waals surface area (Å²) in [6.45, 7) is 2.33. The van der Waals surface area contributed by atoms with Crippen LogP contribution in [0.25, 0.3) is 10.9 Å². The summed E-state index contributed by atoms with van der Waals surface area (Å²) < 4.78 is 44.7. The summed E-state index contributed by atoms with van der Waals surface area (Å²) >= 11 is 0. The summed E-state index contributed by atoms with van der Waals surface area (Å²) in [5.41, 5.74) is 13.4. The van der Waals surface area contributed by atoms with E-state index in [1.54, 1.807) is 6.07 Å². The number of unbranched alkanes of at least 4 members (excludes halogenated alkanes) is 1. The molecule has 0 unspecified atom stereocenters. The molecule has 10 nitrogen and oxygen atoms in total. The van der Waals surface area contributed by atoms with Gasteiger partial charge in [-0.2, -0.15) is 0 Å². The smallest absolute Gasteiger partial charge is 0.270 e. The highest BCUT2D eigenvalue weighted by molar-refractivity contribution is 7.93. The van der Waals surface area contributed by atoms with Gasteiger partial charge in [0, 0.05) is 28.7 Å². The van der Waals surface area contributed by atoms with E-state index in [0.717, 1.165) is 11.2 Å². The summed E-state index contributed by atoms with van der Waals surface area (Å²) in [6.07, 6.45) is 1.53. The second-order valence-corrected chi connectivity index (χ2v) is 9.87. The van der Waals surface area contributed by atoms with E-state index in [9.17, 15) is 13.2 Å². The minimum Gasteiger partial charge on any atom is -0.493 e. The highest BCUT2D eigenvalue weighted by Gasteiger charge is 2.35. The number of sulfonamides is 1. The van der Waals surface area contributed by atoms with Gasteiger partial charge < -0.3 is 30.7 Å². The lowest BCUT2D eigenvalue weighted by molar-refractivity contribution is -0.118. The molecule has 5 N–H and O–H groups in total. The van der Waals surface area contributed by atoms with Crippen molar-refractivity contribution in [2.24, 2.45) is 11.5 Å². The van der Waals surface area contributed by atoms with Gasteiger partial charge in [-0.05, 0) is 50.6 Å². The standard InChI is InChI=1S/C24H32N4O6S/c1-15-11-16-12-18(8-9-20(16)27-15)35(30,31)28(24(29)19(26)7-5-6-10-25)17-13-21(32-2)23(34-4)22(14-17)33-3/h8-9,11-14,19,27H,5-7,10,25-26H2,1-4H3/t19-/m0/s1. The van der Waals surface area contributed by atoms with Gasteiger partial charge in [0.25, 0.3) is 15.9 Å². The maximum atomic E-state index is 13.9. The predicted octanol–water partition coefficient (Wildman–Crippen LogP) is 2.68.